The standard InChI is InChI=1S/C17H20ClN3O2S/c18-17-9-8-15(12-19-17)24(22,23)20-13-16(21-10-4-5-11-21)14-6-2-1-3-7-14/h1-3,6-9,12,16,20H,4-5,10-11,13H2. The quantitative estimate of drug-likeness (QED) is 0.799. The van der Waals surface area contributed by atoms with E-state index in [9.17, 15) is 8.42 Å². The lowest BCUT2D eigenvalue weighted by Crippen LogP contribution is -2.36. The first kappa shape index (κ1) is 17.4. The Kier molecular flexibility index (Phi) is 5.50. The zero-order valence-corrected chi connectivity index (χ0v) is 14.8. The predicted molar refractivity (Wildman–Crippen MR) is 94.4 cm³/mol. The van der Waals surface area contributed by atoms with Crippen molar-refractivity contribution in [1.82, 2.24) is 14.6 Å². The molecule has 0 spiro atoms. The molecule has 7 heteroatoms. The van der Waals surface area contributed by atoms with Gasteiger partial charge in [-0.05, 0) is 43.6 Å². The van der Waals surface area contributed by atoms with Crippen molar-refractivity contribution in [2.24, 2.45) is 0 Å². The van der Waals surface area contributed by atoms with Crippen molar-refractivity contribution in [1.29, 1.82) is 0 Å². The number of nitrogens with zero attached hydrogens (tertiary/aromatic N) is 2. The number of nitrogens with one attached hydrogen (secondary N) is 1. The number of likely N-dealkylation sites (tertiary alicyclic amines) is 1. The van der Waals surface area contributed by atoms with E-state index in [2.05, 4.69) is 14.6 Å². The highest BCUT2D eigenvalue weighted by atomic mass is 35.5. The van der Waals surface area contributed by atoms with Crippen LogP contribution in [0.3, 0.4) is 0 Å². The van der Waals surface area contributed by atoms with Gasteiger partial charge in [0, 0.05) is 18.8 Å². The highest BCUT2D eigenvalue weighted by Crippen LogP contribution is 2.25. The minimum absolute atomic E-state index is 0.0312. The molecule has 1 N–H and O–H groups in total. The van der Waals surface area contributed by atoms with Crippen LogP contribution in [0, 0.1) is 0 Å². The first-order valence-electron chi connectivity index (χ1n) is 7.96. The molecule has 1 aliphatic rings. The van der Waals surface area contributed by atoms with Crippen molar-refractivity contribution in [2.75, 3.05) is 19.6 Å². The highest BCUT2D eigenvalue weighted by Gasteiger charge is 2.25. The van der Waals surface area contributed by atoms with Crippen LogP contribution in [0.5, 0.6) is 0 Å². The number of sulfonamides is 1. The summed E-state index contributed by atoms with van der Waals surface area (Å²) in [5, 5.41) is 0.271. The summed E-state index contributed by atoms with van der Waals surface area (Å²) in [6.07, 6.45) is 3.58. The van der Waals surface area contributed by atoms with Gasteiger partial charge in [0.1, 0.15) is 10.0 Å². The molecule has 1 atom stereocenters. The molecular formula is C17H20ClN3O2S. The minimum Gasteiger partial charge on any atom is -0.295 e. The predicted octanol–water partition coefficient (Wildman–Crippen LogP) is 2.85. The maximum absolute atomic E-state index is 12.5. The Bertz CT molecular complexity index is 760. The summed E-state index contributed by atoms with van der Waals surface area (Å²) >= 11 is 5.72. The van der Waals surface area contributed by atoms with Gasteiger partial charge in [-0.2, -0.15) is 0 Å². The van der Waals surface area contributed by atoms with E-state index >= 15 is 0 Å². The summed E-state index contributed by atoms with van der Waals surface area (Å²) in [4.78, 5) is 6.30. The minimum atomic E-state index is -3.61. The number of pyridine rings is 1. The number of hydrogen-bond acceptors (Lipinski definition) is 4. The number of aromatic nitrogens is 1. The summed E-state index contributed by atoms with van der Waals surface area (Å²) in [5.41, 5.74) is 1.12. The molecule has 0 amide bonds. The van der Waals surface area contributed by atoms with E-state index in [1.54, 1.807) is 0 Å². The van der Waals surface area contributed by atoms with Gasteiger partial charge in [-0.1, -0.05) is 41.9 Å². The molecule has 1 fully saturated rings. The topological polar surface area (TPSA) is 62.3 Å². The van der Waals surface area contributed by atoms with Gasteiger partial charge in [-0.25, -0.2) is 18.1 Å². The molecule has 0 bridgehead atoms. The Morgan fingerprint density at radius 2 is 1.83 bits per heavy atom. The van der Waals surface area contributed by atoms with Crippen molar-refractivity contribution in [3.8, 4) is 0 Å². The van der Waals surface area contributed by atoms with Gasteiger partial charge < -0.3 is 0 Å². The molecule has 5 nitrogen and oxygen atoms in total. The normalized spacial score (nSPS) is 17.0. The van der Waals surface area contributed by atoms with Crippen LogP contribution in [0.1, 0.15) is 24.4 Å². The second-order valence-corrected chi connectivity index (χ2v) is 7.99. The fourth-order valence-electron chi connectivity index (χ4n) is 2.98. The van der Waals surface area contributed by atoms with E-state index in [0.29, 0.717) is 6.54 Å². The van der Waals surface area contributed by atoms with E-state index in [-0.39, 0.29) is 16.1 Å². The Labute approximate surface area is 147 Å². The second-order valence-electron chi connectivity index (χ2n) is 5.84. The monoisotopic (exact) mass is 365 g/mol. The summed E-state index contributed by atoms with van der Waals surface area (Å²) in [7, 11) is -3.61. The zero-order valence-electron chi connectivity index (χ0n) is 13.2. The first-order chi connectivity index (χ1) is 11.6. The smallest absolute Gasteiger partial charge is 0.242 e. The van der Waals surface area contributed by atoms with E-state index in [4.69, 9.17) is 11.6 Å². The third kappa shape index (κ3) is 4.13. The summed E-state index contributed by atoms with van der Waals surface area (Å²) in [6.45, 7) is 2.31. The maximum Gasteiger partial charge on any atom is 0.242 e. The lowest BCUT2D eigenvalue weighted by molar-refractivity contribution is 0.246. The lowest BCUT2D eigenvalue weighted by atomic mass is 10.1. The van der Waals surface area contributed by atoms with E-state index in [0.717, 1.165) is 31.5 Å². The molecule has 0 aliphatic carbocycles. The Morgan fingerprint density at radius 1 is 1.12 bits per heavy atom. The average Bonchev–Trinajstić information content (AvgIpc) is 3.11. The van der Waals surface area contributed by atoms with Gasteiger partial charge in [0.2, 0.25) is 10.0 Å². The molecular weight excluding hydrogens is 346 g/mol. The van der Waals surface area contributed by atoms with Crippen molar-refractivity contribution < 1.29 is 8.42 Å². The number of halogens is 1. The van der Waals surface area contributed by atoms with Gasteiger partial charge in [-0.3, -0.25) is 4.90 Å². The highest BCUT2D eigenvalue weighted by molar-refractivity contribution is 7.89. The van der Waals surface area contributed by atoms with Gasteiger partial charge in [-0.15, -0.1) is 0 Å². The van der Waals surface area contributed by atoms with Gasteiger partial charge in [0.25, 0.3) is 0 Å². The number of rotatable bonds is 6. The summed E-state index contributed by atoms with van der Waals surface area (Å²) in [6, 6.07) is 13.0. The van der Waals surface area contributed by atoms with Crippen LogP contribution < -0.4 is 4.72 Å². The zero-order chi connectivity index (χ0) is 17.0. The average molecular weight is 366 g/mol. The van der Waals surface area contributed by atoms with Crippen LogP contribution in [-0.4, -0.2) is 37.9 Å². The van der Waals surface area contributed by atoms with Crippen LogP contribution >= 0.6 is 11.6 Å². The lowest BCUT2D eigenvalue weighted by Gasteiger charge is -2.28. The fourth-order valence-corrected chi connectivity index (χ4v) is 4.07. The third-order valence-corrected chi connectivity index (χ3v) is 5.88. The Morgan fingerprint density at radius 3 is 2.46 bits per heavy atom. The van der Waals surface area contributed by atoms with Crippen LogP contribution in [0.25, 0.3) is 0 Å². The molecule has 1 aliphatic heterocycles. The van der Waals surface area contributed by atoms with Crippen molar-refractivity contribution in [3.05, 3.63) is 59.4 Å². The van der Waals surface area contributed by atoms with Crippen LogP contribution in [0.15, 0.2) is 53.6 Å². The van der Waals surface area contributed by atoms with Gasteiger partial charge in [0.15, 0.2) is 0 Å². The summed E-state index contributed by atoms with van der Waals surface area (Å²) in [5.74, 6) is 0. The molecule has 128 valence electrons. The SMILES string of the molecule is O=S(=O)(NCC(c1ccccc1)N1CCCC1)c1ccc(Cl)nc1. The van der Waals surface area contributed by atoms with Crippen molar-refractivity contribution >= 4 is 21.6 Å². The van der Waals surface area contributed by atoms with E-state index in [1.165, 1.54) is 18.3 Å². The molecule has 0 radical (unpaired) electrons. The molecule has 3 rings (SSSR count). The number of hydrogen-bond donors (Lipinski definition) is 1. The second kappa shape index (κ2) is 7.61. The molecule has 2 heterocycles. The van der Waals surface area contributed by atoms with E-state index < -0.39 is 10.0 Å². The van der Waals surface area contributed by atoms with Crippen LogP contribution in [-0.2, 0) is 10.0 Å². The molecule has 24 heavy (non-hydrogen) atoms. The molecule has 1 aromatic heterocycles. The van der Waals surface area contributed by atoms with Crippen molar-refractivity contribution in [2.45, 2.75) is 23.8 Å². The van der Waals surface area contributed by atoms with Gasteiger partial charge in [0.05, 0.1) is 0 Å². The number of benzene rings is 1. The fraction of sp³-hybridized carbons (Fsp3) is 0.353. The molecule has 2 aromatic rings. The largest absolute Gasteiger partial charge is 0.295 e. The maximum atomic E-state index is 12.5. The van der Waals surface area contributed by atoms with Crippen molar-refractivity contribution in [3.63, 3.8) is 0 Å². The molecule has 1 aromatic carbocycles. The Balaban J connectivity index is 1.76. The third-order valence-electron chi connectivity index (χ3n) is 4.24. The molecule has 1 saturated heterocycles. The van der Waals surface area contributed by atoms with Crippen LogP contribution in [0.4, 0.5) is 0 Å². The molecule has 1 unspecified atom stereocenters. The molecule has 0 saturated carbocycles. The Hall–Kier alpha value is -1.47. The first-order valence-corrected chi connectivity index (χ1v) is 9.82. The van der Waals surface area contributed by atoms with Crippen LogP contribution in [0.2, 0.25) is 5.15 Å². The summed E-state index contributed by atoms with van der Waals surface area (Å²) < 4.78 is 27.7. The van der Waals surface area contributed by atoms with E-state index in [1.807, 2.05) is 30.3 Å². The van der Waals surface area contributed by atoms with Gasteiger partial charge >= 0.3 is 0 Å².